The maximum Gasteiger partial charge on any atom is 0.227 e. The number of rotatable bonds is 6. The zero-order valence-electron chi connectivity index (χ0n) is 12.5. The van der Waals surface area contributed by atoms with Crippen molar-refractivity contribution in [2.75, 3.05) is 32.7 Å². The number of nitrogens with zero attached hydrogens (tertiary/aromatic N) is 4. The van der Waals surface area contributed by atoms with Crippen LogP contribution in [0.5, 0.6) is 0 Å². The SMILES string of the molecule is CCCc1noc(CCC(=O)N2CCN(CC)CC2)n1. The molecule has 0 atom stereocenters. The lowest BCUT2D eigenvalue weighted by atomic mass is 10.2. The van der Waals surface area contributed by atoms with E-state index in [0.29, 0.717) is 18.7 Å². The molecule has 6 heteroatoms. The Morgan fingerprint density at radius 1 is 1.20 bits per heavy atom. The number of carbonyl (C=O) groups is 1. The molecule has 0 saturated carbocycles. The molecular formula is C14H24N4O2. The minimum absolute atomic E-state index is 0.191. The third-order valence-electron chi connectivity index (χ3n) is 3.71. The molecule has 0 N–H and O–H groups in total. The van der Waals surface area contributed by atoms with E-state index in [0.717, 1.165) is 51.4 Å². The van der Waals surface area contributed by atoms with Crippen molar-refractivity contribution in [2.24, 2.45) is 0 Å². The van der Waals surface area contributed by atoms with Crippen molar-refractivity contribution in [2.45, 2.75) is 39.5 Å². The molecule has 0 unspecified atom stereocenters. The maximum atomic E-state index is 12.1. The summed E-state index contributed by atoms with van der Waals surface area (Å²) in [5, 5.41) is 3.90. The Morgan fingerprint density at radius 2 is 1.95 bits per heavy atom. The van der Waals surface area contributed by atoms with E-state index in [4.69, 9.17) is 4.52 Å². The molecular weight excluding hydrogens is 256 g/mol. The van der Waals surface area contributed by atoms with Crippen LogP contribution in [-0.2, 0) is 17.6 Å². The first-order valence-electron chi connectivity index (χ1n) is 7.54. The average Bonchev–Trinajstić information content (AvgIpc) is 2.93. The van der Waals surface area contributed by atoms with E-state index in [2.05, 4.69) is 28.9 Å². The van der Waals surface area contributed by atoms with Gasteiger partial charge >= 0.3 is 0 Å². The van der Waals surface area contributed by atoms with Crippen LogP contribution >= 0.6 is 0 Å². The van der Waals surface area contributed by atoms with Crippen molar-refractivity contribution in [3.8, 4) is 0 Å². The van der Waals surface area contributed by atoms with Gasteiger partial charge < -0.3 is 14.3 Å². The summed E-state index contributed by atoms with van der Waals surface area (Å²) in [6.45, 7) is 8.91. The molecule has 1 aromatic rings. The van der Waals surface area contributed by atoms with Gasteiger partial charge in [-0.2, -0.15) is 4.98 Å². The normalized spacial score (nSPS) is 16.6. The van der Waals surface area contributed by atoms with Crippen LogP contribution in [0.1, 0.15) is 38.4 Å². The summed E-state index contributed by atoms with van der Waals surface area (Å²) in [5.41, 5.74) is 0. The zero-order chi connectivity index (χ0) is 14.4. The number of hydrogen-bond donors (Lipinski definition) is 0. The first-order chi connectivity index (χ1) is 9.72. The van der Waals surface area contributed by atoms with Gasteiger partial charge in [0.25, 0.3) is 0 Å². The second kappa shape index (κ2) is 7.38. The van der Waals surface area contributed by atoms with Gasteiger partial charge in [-0.15, -0.1) is 0 Å². The van der Waals surface area contributed by atoms with Gasteiger partial charge in [0.05, 0.1) is 0 Å². The third kappa shape index (κ3) is 4.03. The topological polar surface area (TPSA) is 62.5 Å². The van der Waals surface area contributed by atoms with Crippen molar-refractivity contribution < 1.29 is 9.32 Å². The lowest BCUT2D eigenvalue weighted by Crippen LogP contribution is -2.48. The molecule has 0 aromatic carbocycles. The van der Waals surface area contributed by atoms with E-state index in [1.807, 2.05) is 4.90 Å². The Hall–Kier alpha value is -1.43. The highest BCUT2D eigenvalue weighted by molar-refractivity contribution is 5.76. The van der Waals surface area contributed by atoms with Crippen molar-refractivity contribution in [1.82, 2.24) is 19.9 Å². The minimum Gasteiger partial charge on any atom is -0.340 e. The van der Waals surface area contributed by atoms with Gasteiger partial charge in [-0.1, -0.05) is 19.0 Å². The molecule has 0 bridgehead atoms. The van der Waals surface area contributed by atoms with Crippen molar-refractivity contribution >= 4 is 5.91 Å². The highest BCUT2D eigenvalue weighted by Crippen LogP contribution is 2.07. The number of aromatic nitrogens is 2. The fraction of sp³-hybridized carbons (Fsp3) is 0.786. The van der Waals surface area contributed by atoms with Gasteiger partial charge in [0.2, 0.25) is 11.8 Å². The Kier molecular flexibility index (Phi) is 5.52. The number of aryl methyl sites for hydroxylation is 2. The number of carbonyl (C=O) groups excluding carboxylic acids is 1. The predicted molar refractivity (Wildman–Crippen MR) is 75.3 cm³/mol. The van der Waals surface area contributed by atoms with E-state index in [-0.39, 0.29) is 5.91 Å². The fourth-order valence-corrected chi connectivity index (χ4v) is 2.40. The number of piperazine rings is 1. The maximum absolute atomic E-state index is 12.1. The summed E-state index contributed by atoms with van der Waals surface area (Å²) in [6, 6.07) is 0. The first-order valence-corrected chi connectivity index (χ1v) is 7.54. The molecule has 2 rings (SSSR count). The van der Waals surface area contributed by atoms with E-state index in [9.17, 15) is 4.79 Å². The van der Waals surface area contributed by atoms with Crippen molar-refractivity contribution in [3.05, 3.63) is 11.7 Å². The standard InChI is InChI=1S/C14H24N4O2/c1-3-5-12-15-13(20-16-12)6-7-14(19)18-10-8-17(4-2)9-11-18/h3-11H2,1-2H3. The summed E-state index contributed by atoms with van der Waals surface area (Å²) >= 11 is 0. The summed E-state index contributed by atoms with van der Waals surface area (Å²) in [6.07, 6.45) is 2.83. The van der Waals surface area contributed by atoms with E-state index < -0.39 is 0 Å². The second-order valence-electron chi connectivity index (χ2n) is 5.17. The van der Waals surface area contributed by atoms with Gasteiger partial charge in [0.15, 0.2) is 5.82 Å². The first kappa shape index (κ1) is 15.0. The second-order valence-corrected chi connectivity index (χ2v) is 5.17. The molecule has 1 fully saturated rings. The van der Waals surface area contributed by atoms with E-state index >= 15 is 0 Å². The van der Waals surface area contributed by atoms with Crippen LogP contribution in [0.2, 0.25) is 0 Å². The van der Waals surface area contributed by atoms with Crippen LogP contribution in [0.4, 0.5) is 0 Å². The monoisotopic (exact) mass is 280 g/mol. The molecule has 1 aliphatic rings. The van der Waals surface area contributed by atoms with Gasteiger partial charge in [0.1, 0.15) is 0 Å². The molecule has 0 aliphatic carbocycles. The highest BCUT2D eigenvalue weighted by Gasteiger charge is 2.20. The highest BCUT2D eigenvalue weighted by atomic mass is 16.5. The molecule has 1 amide bonds. The predicted octanol–water partition coefficient (Wildman–Crippen LogP) is 1.12. The third-order valence-corrected chi connectivity index (χ3v) is 3.71. The molecule has 112 valence electrons. The smallest absolute Gasteiger partial charge is 0.227 e. The largest absolute Gasteiger partial charge is 0.340 e. The summed E-state index contributed by atoms with van der Waals surface area (Å²) in [4.78, 5) is 20.7. The molecule has 0 radical (unpaired) electrons. The van der Waals surface area contributed by atoms with Crippen LogP contribution in [0.25, 0.3) is 0 Å². The van der Waals surface area contributed by atoms with Crippen LogP contribution in [0.15, 0.2) is 4.52 Å². The molecule has 1 aliphatic heterocycles. The number of amides is 1. The van der Waals surface area contributed by atoms with Gasteiger partial charge in [0, 0.05) is 45.4 Å². The molecule has 2 heterocycles. The summed E-state index contributed by atoms with van der Waals surface area (Å²) in [5.74, 6) is 1.51. The quantitative estimate of drug-likeness (QED) is 0.781. The Morgan fingerprint density at radius 3 is 2.60 bits per heavy atom. The number of likely N-dealkylation sites (N-methyl/N-ethyl adjacent to an activating group) is 1. The van der Waals surface area contributed by atoms with Crippen molar-refractivity contribution in [1.29, 1.82) is 0 Å². The van der Waals surface area contributed by atoms with Gasteiger partial charge in [-0.25, -0.2) is 0 Å². The fourth-order valence-electron chi connectivity index (χ4n) is 2.40. The molecule has 1 aromatic heterocycles. The molecule has 6 nitrogen and oxygen atoms in total. The van der Waals surface area contributed by atoms with Gasteiger partial charge in [-0.05, 0) is 13.0 Å². The van der Waals surface area contributed by atoms with Crippen LogP contribution in [0, 0.1) is 0 Å². The van der Waals surface area contributed by atoms with Gasteiger partial charge in [-0.3, -0.25) is 4.79 Å². The summed E-state index contributed by atoms with van der Waals surface area (Å²) < 4.78 is 5.15. The van der Waals surface area contributed by atoms with E-state index in [1.165, 1.54) is 0 Å². The van der Waals surface area contributed by atoms with E-state index in [1.54, 1.807) is 0 Å². The summed E-state index contributed by atoms with van der Waals surface area (Å²) in [7, 11) is 0. The minimum atomic E-state index is 0.191. The molecule has 0 spiro atoms. The Balaban J connectivity index is 1.74. The van der Waals surface area contributed by atoms with Crippen LogP contribution in [-0.4, -0.2) is 58.6 Å². The lowest BCUT2D eigenvalue weighted by molar-refractivity contribution is -0.132. The average molecular weight is 280 g/mol. The molecule has 1 saturated heterocycles. The zero-order valence-corrected chi connectivity index (χ0v) is 12.5. The Bertz CT molecular complexity index is 425. The molecule has 20 heavy (non-hydrogen) atoms. The Labute approximate surface area is 120 Å². The van der Waals surface area contributed by atoms with Crippen LogP contribution < -0.4 is 0 Å². The number of hydrogen-bond acceptors (Lipinski definition) is 5. The van der Waals surface area contributed by atoms with Crippen molar-refractivity contribution in [3.63, 3.8) is 0 Å². The van der Waals surface area contributed by atoms with Crippen LogP contribution in [0.3, 0.4) is 0 Å². The lowest BCUT2D eigenvalue weighted by Gasteiger charge is -2.34.